The molecular weight excluding hydrogens is 140 g/mol. The first-order valence-corrected chi connectivity index (χ1v) is 4.30. The number of rotatable bonds is 2. The predicted molar refractivity (Wildman–Crippen MR) is 44.7 cm³/mol. The van der Waals surface area contributed by atoms with Crippen molar-refractivity contribution in [1.82, 2.24) is 10.4 Å². The van der Waals surface area contributed by atoms with Crippen LogP contribution in [-0.2, 0) is 0 Å². The Hall–Kier alpha value is -0.120. The summed E-state index contributed by atoms with van der Waals surface area (Å²) in [4.78, 5) is 2.27. The van der Waals surface area contributed by atoms with Crippen LogP contribution in [0.15, 0.2) is 0 Å². The lowest BCUT2D eigenvalue weighted by molar-refractivity contribution is 0.0887. The zero-order chi connectivity index (χ0) is 8.27. The van der Waals surface area contributed by atoms with E-state index in [1.54, 1.807) is 0 Å². The number of hydrogen-bond acceptors (Lipinski definition) is 3. The predicted octanol–water partition coefficient (Wildman–Crippen LogP) is 0.838. The Morgan fingerprint density at radius 1 is 1.18 bits per heavy atom. The average molecular weight is 158 g/mol. The summed E-state index contributed by atoms with van der Waals surface area (Å²) in [7, 11) is 4.24. The minimum Gasteiger partial charge on any atom is -0.317 e. The number of nitrogens with one attached hydrogen (secondary N) is 1. The maximum absolute atomic E-state index is 8.65. The second-order valence-electron chi connectivity index (χ2n) is 3.60. The lowest BCUT2D eigenvalue weighted by atomic mass is 9.91. The van der Waals surface area contributed by atoms with E-state index in [9.17, 15) is 0 Å². The van der Waals surface area contributed by atoms with E-state index in [1.165, 1.54) is 12.8 Å². The molecule has 11 heavy (non-hydrogen) atoms. The SMILES string of the molecule is CN(C)C1CCC(NO)CC1. The number of hydroxylamine groups is 1. The second kappa shape index (κ2) is 4.04. The van der Waals surface area contributed by atoms with Crippen LogP contribution in [0.1, 0.15) is 25.7 Å². The molecule has 1 rings (SSSR count). The van der Waals surface area contributed by atoms with Crippen molar-refractivity contribution in [3.63, 3.8) is 0 Å². The van der Waals surface area contributed by atoms with E-state index in [-0.39, 0.29) is 0 Å². The normalized spacial score (nSPS) is 32.7. The van der Waals surface area contributed by atoms with Crippen molar-refractivity contribution in [2.24, 2.45) is 0 Å². The minimum absolute atomic E-state index is 0.339. The van der Waals surface area contributed by atoms with Gasteiger partial charge in [-0.3, -0.25) is 0 Å². The molecule has 1 aliphatic carbocycles. The molecule has 3 nitrogen and oxygen atoms in total. The summed E-state index contributed by atoms with van der Waals surface area (Å²) in [6, 6.07) is 1.06. The number of nitrogens with zero attached hydrogens (tertiary/aromatic N) is 1. The third-order valence-corrected chi connectivity index (χ3v) is 2.61. The Labute approximate surface area is 68.3 Å². The lowest BCUT2D eigenvalue weighted by Crippen LogP contribution is -2.38. The van der Waals surface area contributed by atoms with Gasteiger partial charge >= 0.3 is 0 Å². The van der Waals surface area contributed by atoms with Crippen molar-refractivity contribution in [2.45, 2.75) is 37.8 Å². The summed E-state index contributed by atoms with van der Waals surface area (Å²) in [6.07, 6.45) is 4.59. The van der Waals surface area contributed by atoms with Crippen LogP contribution < -0.4 is 5.48 Å². The van der Waals surface area contributed by atoms with Gasteiger partial charge in [-0.2, -0.15) is 0 Å². The smallest absolute Gasteiger partial charge is 0.0320 e. The van der Waals surface area contributed by atoms with Crippen LogP contribution in [0, 0.1) is 0 Å². The van der Waals surface area contributed by atoms with Crippen molar-refractivity contribution >= 4 is 0 Å². The van der Waals surface area contributed by atoms with Crippen LogP contribution in [0.4, 0.5) is 0 Å². The largest absolute Gasteiger partial charge is 0.317 e. The first-order chi connectivity index (χ1) is 5.24. The Balaban J connectivity index is 2.24. The summed E-state index contributed by atoms with van der Waals surface area (Å²) in [5, 5.41) is 8.65. The van der Waals surface area contributed by atoms with Gasteiger partial charge < -0.3 is 10.1 Å². The molecule has 0 spiro atoms. The van der Waals surface area contributed by atoms with Gasteiger partial charge in [-0.05, 0) is 39.8 Å². The molecule has 1 aliphatic rings. The fourth-order valence-corrected chi connectivity index (χ4v) is 1.72. The molecule has 1 fully saturated rings. The van der Waals surface area contributed by atoms with Crippen LogP contribution in [0.3, 0.4) is 0 Å². The van der Waals surface area contributed by atoms with Crippen molar-refractivity contribution in [3.05, 3.63) is 0 Å². The molecule has 0 heterocycles. The van der Waals surface area contributed by atoms with E-state index < -0.39 is 0 Å². The first-order valence-electron chi connectivity index (χ1n) is 4.30. The monoisotopic (exact) mass is 158 g/mol. The minimum atomic E-state index is 0.339. The van der Waals surface area contributed by atoms with Gasteiger partial charge in [0.2, 0.25) is 0 Å². The summed E-state index contributed by atoms with van der Waals surface area (Å²) >= 11 is 0. The molecule has 66 valence electrons. The quantitative estimate of drug-likeness (QED) is 0.584. The van der Waals surface area contributed by atoms with Crippen LogP contribution in [-0.4, -0.2) is 36.3 Å². The molecule has 0 aromatic heterocycles. The topological polar surface area (TPSA) is 35.5 Å². The third kappa shape index (κ3) is 2.43. The average Bonchev–Trinajstić information content (AvgIpc) is 2.05. The first kappa shape index (κ1) is 8.97. The van der Waals surface area contributed by atoms with Gasteiger partial charge in [0.1, 0.15) is 0 Å². The molecule has 0 aliphatic heterocycles. The maximum Gasteiger partial charge on any atom is 0.0320 e. The van der Waals surface area contributed by atoms with E-state index in [4.69, 9.17) is 5.21 Å². The van der Waals surface area contributed by atoms with Gasteiger partial charge in [0, 0.05) is 12.1 Å². The summed E-state index contributed by atoms with van der Waals surface area (Å²) in [5.74, 6) is 0. The van der Waals surface area contributed by atoms with Crippen molar-refractivity contribution in [2.75, 3.05) is 14.1 Å². The van der Waals surface area contributed by atoms with E-state index in [0.29, 0.717) is 6.04 Å². The summed E-state index contributed by atoms with van der Waals surface area (Å²) in [6.45, 7) is 0. The fraction of sp³-hybridized carbons (Fsp3) is 1.00. The molecular formula is C8H18N2O. The molecule has 0 atom stereocenters. The molecule has 2 N–H and O–H groups in total. The van der Waals surface area contributed by atoms with Gasteiger partial charge in [-0.15, -0.1) is 0 Å². The van der Waals surface area contributed by atoms with E-state index >= 15 is 0 Å². The zero-order valence-electron chi connectivity index (χ0n) is 7.38. The molecule has 0 unspecified atom stereocenters. The van der Waals surface area contributed by atoms with E-state index in [1.807, 2.05) is 0 Å². The third-order valence-electron chi connectivity index (χ3n) is 2.61. The van der Waals surface area contributed by atoms with Crippen molar-refractivity contribution in [3.8, 4) is 0 Å². The Morgan fingerprint density at radius 2 is 1.73 bits per heavy atom. The molecule has 0 aromatic rings. The van der Waals surface area contributed by atoms with Crippen LogP contribution >= 0.6 is 0 Å². The highest BCUT2D eigenvalue weighted by atomic mass is 16.5. The van der Waals surface area contributed by atoms with Crippen molar-refractivity contribution in [1.29, 1.82) is 0 Å². The highest BCUT2D eigenvalue weighted by Crippen LogP contribution is 2.20. The van der Waals surface area contributed by atoms with E-state index in [0.717, 1.165) is 18.9 Å². The van der Waals surface area contributed by atoms with Gasteiger partial charge in [-0.25, -0.2) is 5.48 Å². The lowest BCUT2D eigenvalue weighted by Gasteiger charge is -2.31. The molecule has 3 heteroatoms. The van der Waals surface area contributed by atoms with Gasteiger partial charge in [-0.1, -0.05) is 0 Å². The molecule has 0 aromatic carbocycles. The van der Waals surface area contributed by atoms with Gasteiger partial charge in [0.25, 0.3) is 0 Å². The number of hydrogen-bond donors (Lipinski definition) is 2. The Bertz CT molecular complexity index is 109. The highest BCUT2D eigenvalue weighted by Gasteiger charge is 2.21. The molecule has 0 bridgehead atoms. The van der Waals surface area contributed by atoms with E-state index in [2.05, 4.69) is 24.5 Å². The van der Waals surface area contributed by atoms with Gasteiger partial charge in [0.15, 0.2) is 0 Å². The van der Waals surface area contributed by atoms with Gasteiger partial charge in [0.05, 0.1) is 0 Å². The van der Waals surface area contributed by atoms with Crippen LogP contribution in [0.25, 0.3) is 0 Å². The molecule has 0 radical (unpaired) electrons. The summed E-state index contributed by atoms with van der Waals surface area (Å²) < 4.78 is 0. The van der Waals surface area contributed by atoms with Crippen LogP contribution in [0.5, 0.6) is 0 Å². The molecule has 0 amide bonds. The Kier molecular flexibility index (Phi) is 3.30. The fourth-order valence-electron chi connectivity index (χ4n) is 1.72. The maximum atomic E-state index is 8.65. The Morgan fingerprint density at radius 3 is 2.09 bits per heavy atom. The molecule has 0 saturated heterocycles. The van der Waals surface area contributed by atoms with Crippen molar-refractivity contribution < 1.29 is 5.21 Å². The van der Waals surface area contributed by atoms with Crippen LogP contribution in [0.2, 0.25) is 0 Å². The second-order valence-corrected chi connectivity index (χ2v) is 3.60. The zero-order valence-corrected chi connectivity index (χ0v) is 7.38. The standard InChI is InChI=1S/C8H18N2O/c1-10(2)8-5-3-7(9-11)4-6-8/h7-9,11H,3-6H2,1-2H3. The summed E-state index contributed by atoms with van der Waals surface area (Å²) in [5.41, 5.74) is 2.34. The highest BCUT2D eigenvalue weighted by molar-refractivity contribution is 4.78. The molecule has 1 saturated carbocycles.